The standard InChI is InChI=1S/C29H35N7O3/c1-2-39-28(38)34-17-9-21(10-18-34)24-4-3-16-36-25(24)32-27(33-36)31-23-7-5-22(6-8-23)26(37)35-19-13-29(20-35)11-14-30-15-12-29/h3-9,16,30H,2,10-15,17-20H2,1H3,(H,31,33). The quantitative estimate of drug-likeness (QED) is 0.516. The molecule has 6 rings (SSSR count). The molecule has 3 aliphatic rings. The second-order valence-corrected chi connectivity index (χ2v) is 10.7. The van der Waals surface area contributed by atoms with Gasteiger partial charge in [-0.2, -0.15) is 4.98 Å². The van der Waals surface area contributed by atoms with Crippen molar-refractivity contribution in [2.75, 3.05) is 51.2 Å². The van der Waals surface area contributed by atoms with Crippen molar-refractivity contribution in [1.82, 2.24) is 29.7 Å². The van der Waals surface area contributed by atoms with Crippen LogP contribution >= 0.6 is 0 Å². The Morgan fingerprint density at radius 1 is 1.08 bits per heavy atom. The molecule has 0 aliphatic carbocycles. The van der Waals surface area contributed by atoms with Gasteiger partial charge in [0.1, 0.15) is 0 Å². The molecule has 2 saturated heterocycles. The van der Waals surface area contributed by atoms with E-state index in [0.29, 0.717) is 36.6 Å². The van der Waals surface area contributed by atoms with Gasteiger partial charge in [-0.05, 0) is 93.1 Å². The highest BCUT2D eigenvalue weighted by molar-refractivity contribution is 5.95. The monoisotopic (exact) mass is 529 g/mol. The van der Waals surface area contributed by atoms with Crippen LogP contribution in [0.4, 0.5) is 16.4 Å². The van der Waals surface area contributed by atoms with E-state index in [1.54, 1.807) is 9.42 Å². The van der Waals surface area contributed by atoms with E-state index >= 15 is 0 Å². The predicted octanol–water partition coefficient (Wildman–Crippen LogP) is 3.93. The molecule has 2 fully saturated rings. The SMILES string of the molecule is CCOC(=O)N1CC=C(c2cccn3nc(Nc4ccc(C(=O)N5CCC6(CCNCC6)C5)cc4)nc23)CC1. The first-order chi connectivity index (χ1) is 19.0. The molecular formula is C29H35N7O3. The highest BCUT2D eigenvalue weighted by atomic mass is 16.6. The number of benzene rings is 1. The number of hydrogen-bond donors (Lipinski definition) is 2. The summed E-state index contributed by atoms with van der Waals surface area (Å²) in [5.74, 6) is 0.591. The number of carbonyl (C=O) groups excluding carboxylic acids is 2. The minimum Gasteiger partial charge on any atom is -0.450 e. The lowest BCUT2D eigenvalue weighted by Gasteiger charge is -2.33. The van der Waals surface area contributed by atoms with Crippen LogP contribution in [-0.4, -0.2) is 82.3 Å². The van der Waals surface area contributed by atoms with Crippen molar-refractivity contribution in [3.05, 3.63) is 59.8 Å². The minimum absolute atomic E-state index is 0.106. The number of ether oxygens (including phenoxy) is 1. The van der Waals surface area contributed by atoms with E-state index in [-0.39, 0.29) is 12.0 Å². The lowest BCUT2D eigenvalue weighted by atomic mass is 9.78. The summed E-state index contributed by atoms with van der Waals surface area (Å²) in [6, 6.07) is 11.6. The molecule has 2 N–H and O–H groups in total. The van der Waals surface area contributed by atoms with E-state index in [2.05, 4.69) is 21.8 Å². The second-order valence-electron chi connectivity index (χ2n) is 10.7. The number of rotatable bonds is 5. The molecule has 39 heavy (non-hydrogen) atoms. The van der Waals surface area contributed by atoms with Gasteiger partial charge in [0, 0.05) is 49.2 Å². The lowest BCUT2D eigenvalue weighted by Crippen LogP contribution is -2.39. The molecule has 0 unspecified atom stereocenters. The van der Waals surface area contributed by atoms with Gasteiger partial charge in [-0.1, -0.05) is 6.08 Å². The topological polar surface area (TPSA) is 104 Å². The van der Waals surface area contributed by atoms with Crippen LogP contribution in [-0.2, 0) is 4.74 Å². The van der Waals surface area contributed by atoms with Gasteiger partial charge in [0.2, 0.25) is 5.95 Å². The van der Waals surface area contributed by atoms with E-state index < -0.39 is 0 Å². The Balaban J connectivity index is 1.13. The van der Waals surface area contributed by atoms with Crippen molar-refractivity contribution in [3.8, 4) is 0 Å². The second kappa shape index (κ2) is 10.7. The highest BCUT2D eigenvalue weighted by Crippen LogP contribution is 2.39. The lowest BCUT2D eigenvalue weighted by molar-refractivity contribution is 0.0761. The van der Waals surface area contributed by atoms with Crippen LogP contribution in [0.25, 0.3) is 11.2 Å². The first-order valence-corrected chi connectivity index (χ1v) is 13.9. The molecule has 2 aromatic heterocycles. The van der Waals surface area contributed by atoms with Crippen LogP contribution in [0.2, 0.25) is 0 Å². The van der Waals surface area contributed by atoms with Crippen molar-refractivity contribution in [2.45, 2.75) is 32.6 Å². The van der Waals surface area contributed by atoms with Crippen molar-refractivity contribution >= 4 is 34.9 Å². The molecule has 204 valence electrons. The number of amides is 2. The molecule has 0 saturated carbocycles. The van der Waals surface area contributed by atoms with Crippen molar-refractivity contribution in [2.24, 2.45) is 5.41 Å². The average molecular weight is 530 g/mol. The van der Waals surface area contributed by atoms with Gasteiger partial charge in [-0.3, -0.25) is 4.79 Å². The molecular weight excluding hydrogens is 494 g/mol. The van der Waals surface area contributed by atoms with Crippen LogP contribution < -0.4 is 10.6 Å². The third kappa shape index (κ3) is 5.21. The first kappa shape index (κ1) is 25.4. The van der Waals surface area contributed by atoms with Gasteiger partial charge in [0.05, 0.1) is 6.61 Å². The summed E-state index contributed by atoms with van der Waals surface area (Å²) >= 11 is 0. The highest BCUT2D eigenvalue weighted by Gasteiger charge is 2.40. The fourth-order valence-electron chi connectivity index (χ4n) is 5.99. The Hall–Kier alpha value is -3.92. The molecule has 1 spiro atoms. The Bertz CT molecular complexity index is 1390. The maximum Gasteiger partial charge on any atom is 0.410 e. The smallest absolute Gasteiger partial charge is 0.410 e. The average Bonchev–Trinajstić information content (AvgIpc) is 3.57. The number of hydrogen-bond acceptors (Lipinski definition) is 7. The maximum absolute atomic E-state index is 13.2. The molecule has 5 heterocycles. The number of aromatic nitrogens is 3. The Kier molecular flexibility index (Phi) is 6.95. The number of pyridine rings is 1. The zero-order chi connectivity index (χ0) is 26.8. The number of piperidine rings is 1. The Morgan fingerprint density at radius 3 is 2.64 bits per heavy atom. The van der Waals surface area contributed by atoms with Gasteiger partial charge < -0.3 is 25.2 Å². The fraction of sp³-hybridized carbons (Fsp3) is 0.448. The van der Waals surface area contributed by atoms with E-state index in [0.717, 1.165) is 74.3 Å². The molecule has 3 aromatic rings. The number of nitrogens with zero attached hydrogens (tertiary/aromatic N) is 5. The zero-order valence-electron chi connectivity index (χ0n) is 22.4. The summed E-state index contributed by atoms with van der Waals surface area (Å²) in [5.41, 5.74) is 4.71. The van der Waals surface area contributed by atoms with E-state index in [4.69, 9.17) is 9.72 Å². The van der Waals surface area contributed by atoms with Gasteiger partial charge in [0.15, 0.2) is 5.65 Å². The molecule has 3 aliphatic heterocycles. The predicted molar refractivity (Wildman–Crippen MR) is 149 cm³/mol. The van der Waals surface area contributed by atoms with Crippen LogP contribution in [0.3, 0.4) is 0 Å². The van der Waals surface area contributed by atoms with Crippen LogP contribution in [0, 0.1) is 5.41 Å². The normalized spacial score (nSPS) is 18.8. The van der Waals surface area contributed by atoms with E-state index in [1.165, 1.54) is 0 Å². The maximum atomic E-state index is 13.2. The van der Waals surface area contributed by atoms with Crippen LogP contribution in [0.5, 0.6) is 0 Å². The molecule has 10 heteroatoms. The van der Waals surface area contributed by atoms with Crippen LogP contribution in [0.15, 0.2) is 48.7 Å². The minimum atomic E-state index is -0.279. The Morgan fingerprint density at radius 2 is 1.90 bits per heavy atom. The molecule has 0 bridgehead atoms. The summed E-state index contributed by atoms with van der Waals surface area (Å²) < 4.78 is 6.88. The number of carbonyl (C=O) groups is 2. The summed E-state index contributed by atoms with van der Waals surface area (Å²) in [7, 11) is 0. The number of nitrogens with one attached hydrogen (secondary N) is 2. The van der Waals surface area contributed by atoms with E-state index in [1.807, 2.05) is 54.4 Å². The van der Waals surface area contributed by atoms with Gasteiger partial charge in [-0.15, -0.1) is 5.10 Å². The first-order valence-electron chi connectivity index (χ1n) is 13.9. The third-order valence-corrected chi connectivity index (χ3v) is 8.22. The Labute approximate surface area is 228 Å². The van der Waals surface area contributed by atoms with Gasteiger partial charge >= 0.3 is 6.09 Å². The van der Waals surface area contributed by atoms with Crippen molar-refractivity contribution in [3.63, 3.8) is 0 Å². The fourth-order valence-corrected chi connectivity index (χ4v) is 5.99. The number of likely N-dealkylation sites (tertiary alicyclic amines) is 1. The summed E-state index contributed by atoms with van der Waals surface area (Å²) in [6.07, 6.45) is 7.77. The number of fused-ring (bicyclic) bond motifs is 1. The van der Waals surface area contributed by atoms with Crippen molar-refractivity contribution < 1.29 is 14.3 Å². The molecule has 0 radical (unpaired) electrons. The molecule has 1 aromatic carbocycles. The van der Waals surface area contributed by atoms with Crippen molar-refractivity contribution in [1.29, 1.82) is 0 Å². The summed E-state index contributed by atoms with van der Waals surface area (Å²) in [6.45, 7) is 7.09. The van der Waals surface area contributed by atoms with Gasteiger partial charge in [0.25, 0.3) is 5.91 Å². The molecule has 10 nitrogen and oxygen atoms in total. The van der Waals surface area contributed by atoms with E-state index in [9.17, 15) is 9.59 Å². The molecule has 2 amide bonds. The largest absolute Gasteiger partial charge is 0.450 e. The van der Waals surface area contributed by atoms with Crippen LogP contribution in [0.1, 0.15) is 48.5 Å². The number of anilines is 2. The molecule has 0 atom stereocenters. The zero-order valence-corrected chi connectivity index (χ0v) is 22.4. The summed E-state index contributed by atoms with van der Waals surface area (Å²) in [5, 5.41) is 11.3. The summed E-state index contributed by atoms with van der Waals surface area (Å²) in [4.78, 5) is 33.7. The third-order valence-electron chi connectivity index (χ3n) is 8.22. The van der Waals surface area contributed by atoms with Gasteiger partial charge in [-0.25, -0.2) is 9.31 Å².